The molecule has 1 atom stereocenters. The molecule has 0 unspecified atom stereocenters. The van der Waals surface area contributed by atoms with Crippen molar-refractivity contribution in [2.24, 2.45) is 0 Å². The van der Waals surface area contributed by atoms with E-state index in [0.717, 1.165) is 25.7 Å². The maximum Gasteiger partial charge on any atom is 0.254 e. The molecule has 2 amide bonds. The zero-order valence-corrected chi connectivity index (χ0v) is 15.6. The van der Waals surface area contributed by atoms with Crippen LogP contribution in [0.4, 0.5) is 0 Å². The Labute approximate surface area is 159 Å². The van der Waals surface area contributed by atoms with Gasteiger partial charge in [-0.15, -0.1) is 0 Å². The van der Waals surface area contributed by atoms with Gasteiger partial charge in [-0.05, 0) is 44.6 Å². The molecule has 3 fully saturated rings. The average molecular weight is 373 g/mol. The molecule has 0 N–H and O–H groups in total. The Hall–Kier alpha value is -2.15. The Morgan fingerprint density at radius 3 is 2.48 bits per heavy atom. The van der Waals surface area contributed by atoms with Gasteiger partial charge in [0.15, 0.2) is 0 Å². The van der Waals surface area contributed by atoms with Gasteiger partial charge in [-0.2, -0.15) is 0 Å². The molecule has 7 heteroatoms. The molecule has 2 saturated heterocycles. The van der Waals surface area contributed by atoms with Crippen LogP contribution >= 0.6 is 0 Å². The fourth-order valence-electron chi connectivity index (χ4n) is 4.07. The summed E-state index contributed by atoms with van der Waals surface area (Å²) in [4.78, 5) is 33.1. The first-order chi connectivity index (χ1) is 13.2. The van der Waals surface area contributed by atoms with Gasteiger partial charge in [0.1, 0.15) is 12.2 Å². The lowest BCUT2D eigenvalue weighted by atomic mass is 10.1. The Bertz CT molecular complexity index is 676. The lowest BCUT2D eigenvalue weighted by Gasteiger charge is -2.35. The van der Waals surface area contributed by atoms with Crippen LogP contribution in [0, 0.1) is 0 Å². The molecular weight excluding hydrogens is 346 g/mol. The smallest absolute Gasteiger partial charge is 0.254 e. The Balaban J connectivity index is 1.33. The molecule has 0 radical (unpaired) electrons. The zero-order valence-electron chi connectivity index (χ0n) is 15.6. The standard InChI is InChI=1S/C20H27N3O4/c24-19(15-7-8-21-18(14-15)27-16-4-1-2-5-16)22-9-11-23(12-10-22)20(25)17-6-3-13-26-17/h7-8,14,16-17H,1-6,9-13H2/t17-/m0/s1. The van der Waals surface area contributed by atoms with Crippen molar-refractivity contribution in [2.75, 3.05) is 32.8 Å². The fraction of sp³-hybridized carbons (Fsp3) is 0.650. The number of aromatic nitrogens is 1. The highest BCUT2D eigenvalue weighted by Crippen LogP contribution is 2.24. The maximum absolute atomic E-state index is 12.8. The molecule has 4 rings (SSSR count). The summed E-state index contributed by atoms with van der Waals surface area (Å²) in [6.07, 6.45) is 7.81. The van der Waals surface area contributed by atoms with E-state index in [4.69, 9.17) is 9.47 Å². The molecule has 2 aliphatic heterocycles. The highest BCUT2D eigenvalue weighted by Gasteiger charge is 2.31. The number of nitrogens with zero attached hydrogens (tertiary/aromatic N) is 3. The van der Waals surface area contributed by atoms with Crippen molar-refractivity contribution in [3.05, 3.63) is 23.9 Å². The number of carbonyl (C=O) groups excluding carboxylic acids is 2. The number of pyridine rings is 1. The quantitative estimate of drug-likeness (QED) is 0.806. The third-order valence-corrected chi connectivity index (χ3v) is 5.66. The van der Waals surface area contributed by atoms with E-state index < -0.39 is 0 Å². The number of ether oxygens (including phenoxy) is 2. The van der Waals surface area contributed by atoms with E-state index >= 15 is 0 Å². The van der Waals surface area contributed by atoms with Crippen molar-refractivity contribution >= 4 is 11.8 Å². The first kappa shape index (κ1) is 18.2. The Kier molecular flexibility index (Phi) is 5.57. The second-order valence-electron chi connectivity index (χ2n) is 7.53. The summed E-state index contributed by atoms with van der Waals surface area (Å²) in [6.45, 7) is 2.86. The molecule has 1 saturated carbocycles. The molecule has 146 valence electrons. The summed E-state index contributed by atoms with van der Waals surface area (Å²) in [7, 11) is 0. The lowest BCUT2D eigenvalue weighted by molar-refractivity contribution is -0.142. The Morgan fingerprint density at radius 2 is 1.78 bits per heavy atom. The number of piperazine rings is 1. The van der Waals surface area contributed by atoms with Crippen LogP contribution in [0.2, 0.25) is 0 Å². The van der Waals surface area contributed by atoms with E-state index in [2.05, 4.69) is 4.98 Å². The van der Waals surface area contributed by atoms with Crippen LogP contribution in [0.3, 0.4) is 0 Å². The van der Waals surface area contributed by atoms with Crippen molar-refractivity contribution in [3.63, 3.8) is 0 Å². The molecule has 0 bridgehead atoms. The highest BCUT2D eigenvalue weighted by molar-refractivity contribution is 5.94. The first-order valence-electron chi connectivity index (χ1n) is 10.0. The van der Waals surface area contributed by atoms with Crippen molar-refractivity contribution in [2.45, 2.75) is 50.7 Å². The molecule has 3 heterocycles. The van der Waals surface area contributed by atoms with Crippen LogP contribution in [-0.2, 0) is 9.53 Å². The summed E-state index contributed by atoms with van der Waals surface area (Å²) in [5.41, 5.74) is 0.594. The van der Waals surface area contributed by atoms with E-state index in [0.29, 0.717) is 44.2 Å². The molecule has 1 aromatic heterocycles. The van der Waals surface area contributed by atoms with Crippen molar-refractivity contribution in [1.82, 2.24) is 14.8 Å². The maximum atomic E-state index is 12.8. The monoisotopic (exact) mass is 373 g/mol. The van der Waals surface area contributed by atoms with Crippen LogP contribution in [-0.4, -0.2) is 71.6 Å². The topological polar surface area (TPSA) is 72.0 Å². The molecule has 7 nitrogen and oxygen atoms in total. The van der Waals surface area contributed by atoms with Crippen LogP contribution in [0.25, 0.3) is 0 Å². The van der Waals surface area contributed by atoms with Gasteiger partial charge in [0.25, 0.3) is 11.8 Å². The number of hydrogen-bond acceptors (Lipinski definition) is 5. The summed E-state index contributed by atoms with van der Waals surface area (Å²) in [5.74, 6) is 0.564. The summed E-state index contributed by atoms with van der Waals surface area (Å²) < 4.78 is 11.4. The molecular formula is C20H27N3O4. The van der Waals surface area contributed by atoms with E-state index in [1.54, 1.807) is 23.2 Å². The predicted octanol–water partition coefficient (Wildman–Crippen LogP) is 1.87. The van der Waals surface area contributed by atoms with Gasteiger partial charge in [0, 0.05) is 50.6 Å². The largest absolute Gasteiger partial charge is 0.474 e. The number of carbonyl (C=O) groups is 2. The zero-order chi connectivity index (χ0) is 18.6. The summed E-state index contributed by atoms with van der Waals surface area (Å²) >= 11 is 0. The molecule has 0 aromatic carbocycles. The fourth-order valence-corrected chi connectivity index (χ4v) is 4.07. The van der Waals surface area contributed by atoms with E-state index in [9.17, 15) is 9.59 Å². The average Bonchev–Trinajstić information content (AvgIpc) is 3.41. The lowest BCUT2D eigenvalue weighted by Crippen LogP contribution is -2.52. The second kappa shape index (κ2) is 8.25. The second-order valence-corrected chi connectivity index (χ2v) is 7.53. The summed E-state index contributed by atoms with van der Waals surface area (Å²) in [5, 5.41) is 0. The minimum Gasteiger partial charge on any atom is -0.474 e. The van der Waals surface area contributed by atoms with Gasteiger partial charge < -0.3 is 19.3 Å². The SMILES string of the molecule is O=C(c1ccnc(OC2CCCC2)c1)N1CCN(C(=O)[C@@H]2CCCO2)CC1. The molecule has 1 aliphatic carbocycles. The summed E-state index contributed by atoms with van der Waals surface area (Å²) in [6, 6.07) is 3.47. The van der Waals surface area contributed by atoms with E-state index in [1.807, 2.05) is 4.90 Å². The predicted molar refractivity (Wildman–Crippen MR) is 98.6 cm³/mol. The van der Waals surface area contributed by atoms with Crippen LogP contribution in [0.1, 0.15) is 48.9 Å². The normalized spacial score (nSPS) is 23.6. The number of rotatable bonds is 4. The van der Waals surface area contributed by atoms with Gasteiger partial charge in [-0.3, -0.25) is 9.59 Å². The van der Waals surface area contributed by atoms with Gasteiger partial charge >= 0.3 is 0 Å². The Morgan fingerprint density at radius 1 is 1.04 bits per heavy atom. The van der Waals surface area contributed by atoms with E-state index in [1.165, 1.54) is 12.8 Å². The molecule has 0 spiro atoms. The highest BCUT2D eigenvalue weighted by atomic mass is 16.5. The van der Waals surface area contributed by atoms with E-state index in [-0.39, 0.29) is 24.0 Å². The van der Waals surface area contributed by atoms with Crippen LogP contribution in [0.5, 0.6) is 5.88 Å². The number of amides is 2. The van der Waals surface area contributed by atoms with Gasteiger partial charge in [0.2, 0.25) is 5.88 Å². The van der Waals surface area contributed by atoms with Crippen LogP contribution < -0.4 is 4.74 Å². The first-order valence-corrected chi connectivity index (χ1v) is 10.0. The minimum absolute atomic E-state index is 0.0297. The van der Waals surface area contributed by atoms with Crippen molar-refractivity contribution in [3.8, 4) is 5.88 Å². The molecule has 1 aromatic rings. The van der Waals surface area contributed by atoms with Gasteiger partial charge in [-0.1, -0.05) is 0 Å². The van der Waals surface area contributed by atoms with Gasteiger partial charge in [0.05, 0.1) is 0 Å². The molecule has 3 aliphatic rings. The van der Waals surface area contributed by atoms with Crippen LogP contribution in [0.15, 0.2) is 18.3 Å². The number of hydrogen-bond donors (Lipinski definition) is 0. The third kappa shape index (κ3) is 4.24. The third-order valence-electron chi connectivity index (χ3n) is 5.66. The van der Waals surface area contributed by atoms with Crippen molar-refractivity contribution < 1.29 is 19.1 Å². The van der Waals surface area contributed by atoms with Crippen molar-refractivity contribution in [1.29, 1.82) is 0 Å². The molecule has 27 heavy (non-hydrogen) atoms. The van der Waals surface area contributed by atoms with Gasteiger partial charge in [-0.25, -0.2) is 4.98 Å². The minimum atomic E-state index is -0.289.